The van der Waals surface area contributed by atoms with Crippen molar-refractivity contribution in [1.82, 2.24) is 20.0 Å². The van der Waals surface area contributed by atoms with E-state index in [0.717, 1.165) is 49.3 Å². The Morgan fingerprint density at radius 1 is 1.00 bits per heavy atom. The number of nitrogens with zero attached hydrogens (tertiary/aromatic N) is 3. The lowest BCUT2D eigenvalue weighted by molar-refractivity contribution is 0.0931. The maximum atomic E-state index is 13.4. The number of fused-ring (bicyclic) bond motifs is 1. The minimum atomic E-state index is -0.278. The number of carbonyl (C=O) groups excluding carboxylic acids is 1. The largest absolute Gasteiger partial charge is 0.349 e. The molecule has 3 aromatic rings. The van der Waals surface area contributed by atoms with Crippen LogP contribution in [0.2, 0.25) is 0 Å². The third-order valence-corrected chi connectivity index (χ3v) is 6.44. The molecule has 1 saturated heterocycles. The summed E-state index contributed by atoms with van der Waals surface area (Å²) < 4.78 is 15.2. The molecule has 2 aliphatic rings. The van der Waals surface area contributed by atoms with Crippen molar-refractivity contribution in [2.75, 3.05) is 19.6 Å². The summed E-state index contributed by atoms with van der Waals surface area (Å²) in [6.07, 6.45) is 5.15. The van der Waals surface area contributed by atoms with E-state index in [0.29, 0.717) is 12.2 Å². The first kappa shape index (κ1) is 19.9. The molecule has 6 heteroatoms. The Balaban J connectivity index is 1.38. The van der Waals surface area contributed by atoms with Crippen LogP contribution in [0.4, 0.5) is 4.39 Å². The summed E-state index contributed by atoms with van der Waals surface area (Å²) in [6, 6.07) is 16.8. The SMILES string of the molecule is O=C(NCC(c1ccccc1)N1CCCC1)c1nn(-c2ccc(F)cc2)c2c1CCC2. The van der Waals surface area contributed by atoms with Crippen molar-refractivity contribution in [2.24, 2.45) is 0 Å². The fraction of sp³-hybridized carbons (Fsp3) is 0.360. The van der Waals surface area contributed by atoms with Crippen LogP contribution in [-0.2, 0) is 12.8 Å². The highest BCUT2D eigenvalue weighted by Crippen LogP contribution is 2.29. The van der Waals surface area contributed by atoms with Gasteiger partial charge >= 0.3 is 0 Å². The minimum Gasteiger partial charge on any atom is -0.349 e. The van der Waals surface area contributed by atoms with E-state index in [-0.39, 0.29) is 17.8 Å². The molecule has 1 aliphatic heterocycles. The van der Waals surface area contributed by atoms with E-state index in [1.807, 2.05) is 10.7 Å². The van der Waals surface area contributed by atoms with Gasteiger partial charge in [-0.3, -0.25) is 9.69 Å². The van der Waals surface area contributed by atoms with Crippen LogP contribution in [0.25, 0.3) is 5.69 Å². The molecule has 1 aliphatic carbocycles. The fourth-order valence-electron chi connectivity index (χ4n) is 4.87. The molecule has 0 bridgehead atoms. The third kappa shape index (κ3) is 4.00. The second kappa shape index (κ2) is 8.63. The highest BCUT2D eigenvalue weighted by molar-refractivity contribution is 5.94. The van der Waals surface area contributed by atoms with E-state index < -0.39 is 0 Å². The van der Waals surface area contributed by atoms with Gasteiger partial charge in [-0.1, -0.05) is 30.3 Å². The van der Waals surface area contributed by atoms with Crippen LogP contribution in [0, 0.1) is 5.82 Å². The highest BCUT2D eigenvalue weighted by atomic mass is 19.1. The van der Waals surface area contributed by atoms with Crippen molar-refractivity contribution in [2.45, 2.75) is 38.1 Å². The van der Waals surface area contributed by atoms with Gasteiger partial charge in [-0.05, 0) is 75.0 Å². The van der Waals surface area contributed by atoms with Crippen molar-refractivity contribution < 1.29 is 9.18 Å². The molecule has 1 amide bonds. The molecule has 2 heterocycles. The average molecular weight is 419 g/mol. The van der Waals surface area contributed by atoms with Crippen molar-refractivity contribution in [3.8, 4) is 5.69 Å². The molecular formula is C25H27FN4O. The van der Waals surface area contributed by atoms with E-state index in [9.17, 15) is 9.18 Å². The van der Waals surface area contributed by atoms with Crippen LogP contribution in [0.15, 0.2) is 54.6 Å². The van der Waals surface area contributed by atoms with Crippen molar-refractivity contribution in [3.05, 3.63) is 82.9 Å². The Bertz CT molecular complexity index is 1060. The van der Waals surface area contributed by atoms with Crippen LogP contribution in [-0.4, -0.2) is 40.2 Å². The molecule has 5 rings (SSSR count). The molecule has 1 unspecified atom stereocenters. The topological polar surface area (TPSA) is 50.2 Å². The lowest BCUT2D eigenvalue weighted by atomic mass is 10.1. The predicted octanol–water partition coefficient (Wildman–Crippen LogP) is 4.07. The molecule has 5 nitrogen and oxygen atoms in total. The van der Waals surface area contributed by atoms with Gasteiger partial charge in [-0.2, -0.15) is 5.10 Å². The Morgan fingerprint density at radius 2 is 1.74 bits per heavy atom. The number of benzene rings is 2. The quantitative estimate of drug-likeness (QED) is 0.657. The molecule has 1 fully saturated rings. The van der Waals surface area contributed by atoms with E-state index in [1.54, 1.807) is 12.1 Å². The number of carbonyl (C=O) groups is 1. The molecule has 0 spiro atoms. The van der Waals surface area contributed by atoms with Crippen LogP contribution in [0.5, 0.6) is 0 Å². The zero-order chi connectivity index (χ0) is 21.2. The first-order chi connectivity index (χ1) is 15.2. The summed E-state index contributed by atoms with van der Waals surface area (Å²) in [6.45, 7) is 2.68. The molecule has 160 valence electrons. The standard InChI is InChI=1S/C25H27FN4O/c26-19-11-13-20(14-12-19)30-22-10-6-9-21(22)24(28-30)25(31)27-17-23(29-15-4-5-16-29)18-7-2-1-3-8-18/h1-3,7-8,11-14,23H,4-6,9-10,15-17H2,(H,27,31). The summed E-state index contributed by atoms with van der Waals surface area (Å²) in [5, 5.41) is 7.81. The molecule has 31 heavy (non-hydrogen) atoms. The van der Waals surface area contributed by atoms with Gasteiger partial charge in [0.2, 0.25) is 0 Å². The summed E-state index contributed by atoms with van der Waals surface area (Å²) in [7, 11) is 0. The van der Waals surface area contributed by atoms with E-state index >= 15 is 0 Å². The number of hydrogen-bond donors (Lipinski definition) is 1. The zero-order valence-electron chi connectivity index (χ0n) is 17.6. The Kier molecular flexibility index (Phi) is 5.55. The molecule has 0 radical (unpaired) electrons. The van der Waals surface area contributed by atoms with Gasteiger partial charge in [-0.15, -0.1) is 0 Å². The molecule has 1 N–H and O–H groups in total. The number of hydrogen-bond acceptors (Lipinski definition) is 3. The summed E-state index contributed by atoms with van der Waals surface area (Å²) >= 11 is 0. The molecule has 0 saturated carbocycles. The van der Waals surface area contributed by atoms with Gasteiger partial charge in [0.1, 0.15) is 5.82 Å². The Morgan fingerprint density at radius 3 is 2.48 bits per heavy atom. The fourth-order valence-corrected chi connectivity index (χ4v) is 4.87. The number of rotatable bonds is 6. The van der Waals surface area contributed by atoms with E-state index in [2.05, 4.69) is 39.6 Å². The number of amides is 1. The lowest BCUT2D eigenvalue weighted by Crippen LogP contribution is -2.37. The second-order valence-electron chi connectivity index (χ2n) is 8.40. The second-order valence-corrected chi connectivity index (χ2v) is 8.40. The van der Waals surface area contributed by atoms with Gasteiger partial charge in [0, 0.05) is 17.8 Å². The van der Waals surface area contributed by atoms with E-state index in [1.165, 1.54) is 30.5 Å². The molecule has 1 aromatic heterocycles. The number of halogens is 1. The van der Waals surface area contributed by atoms with Gasteiger partial charge < -0.3 is 5.32 Å². The summed E-state index contributed by atoms with van der Waals surface area (Å²) in [5.41, 5.74) is 4.62. The van der Waals surface area contributed by atoms with Crippen molar-refractivity contribution >= 4 is 5.91 Å². The normalized spacial score (nSPS) is 16.9. The molecular weight excluding hydrogens is 391 g/mol. The van der Waals surface area contributed by atoms with E-state index in [4.69, 9.17) is 0 Å². The van der Waals surface area contributed by atoms with Gasteiger partial charge in [-0.25, -0.2) is 9.07 Å². The lowest BCUT2D eigenvalue weighted by Gasteiger charge is -2.28. The number of likely N-dealkylation sites (tertiary alicyclic amines) is 1. The van der Waals surface area contributed by atoms with Gasteiger partial charge in [0.25, 0.3) is 5.91 Å². The molecule has 2 aromatic carbocycles. The van der Waals surface area contributed by atoms with Gasteiger partial charge in [0.15, 0.2) is 5.69 Å². The third-order valence-electron chi connectivity index (χ3n) is 6.44. The van der Waals surface area contributed by atoms with Crippen LogP contribution in [0.3, 0.4) is 0 Å². The van der Waals surface area contributed by atoms with Crippen molar-refractivity contribution in [3.63, 3.8) is 0 Å². The van der Waals surface area contributed by atoms with Crippen molar-refractivity contribution in [1.29, 1.82) is 0 Å². The van der Waals surface area contributed by atoms with Gasteiger partial charge in [0.05, 0.1) is 11.7 Å². The predicted molar refractivity (Wildman–Crippen MR) is 118 cm³/mol. The maximum Gasteiger partial charge on any atom is 0.272 e. The summed E-state index contributed by atoms with van der Waals surface area (Å²) in [5.74, 6) is -0.404. The number of aromatic nitrogens is 2. The smallest absolute Gasteiger partial charge is 0.272 e. The Hall–Kier alpha value is -2.99. The van der Waals surface area contributed by atoms with Crippen LogP contribution < -0.4 is 5.32 Å². The average Bonchev–Trinajstić information content (AvgIpc) is 3.54. The minimum absolute atomic E-state index is 0.126. The van der Waals surface area contributed by atoms with Crippen LogP contribution >= 0.6 is 0 Å². The highest BCUT2D eigenvalue weighted by Gasteiger charge is 2.29. The summed E-state index contributed by atoms with van der Waals surface area (Å²) in [4.78, 5) is 15.6. The van der Waals surface area contributed by atoms with Crippen LogP contribution in [0.1, 0.15) is 52.6 Å². The molecule has 1 atom stereocenters. The zero-order valence-corrected chi connectivity index (χ0v) is 17.6. The first-order valence-electron chi connectivity index (χ1n) is 11.1. The monoisotopic (exact) mass is 418 g/mol. The maximum absolute atomic E-state index is 13.4. The Labute approximate surface area is 181 Å². The first-order valence-corrected chi connectivity index (χ1v) is 11.1. The number of nitrogens with one attached hydrogen (secondary N) is 1.